The molecule has 1 aromatic heterocycles. The Morgan fingerprint density at radius 2 is 1.65 bits per heavy atom. The maximum Gasteiger partial charge on any atom is 0.166 e. The molecule has 2 nitrogen and oxygen atoms in total. The molecular weight excluding hydrogens is 222 g/mol. The van der Waals surface area contributed by atoms with E-state index in [2.05, 4.69) is 23.8 Å². The summed E-state index contributed by atoms with van der Waals surface area (Å²) in [5.74, 6) is -1.74. The van der Waals surface area contributed by atoms with Crippen molar-refractivity contribution < 1.29 is 8.78 Å². The van der Waals surface area contributed by atoms with Crippen molar-refractivity contribution in [2.24, 2.45) is 0 Å². The van der Waals surface area contributed by atoms with Crippen LogP contribution in [-0.4, -0.2) is 9.97 Å². The van der Waals surface area contributed by atoms with Crippen molar-refractivity contribution in [2.75, 3.05) is 0 Å². The molecule has 1 heterocycles. The van der Waals surface area contributed by atoms with Crippen LogP contribution in [0.5, 0.6) is 0 Å². The molecule has 0 saturated carbocycles. The zero-order valence-corrected chi connectivity index (χ0v) is 9.82. The molecule has 0 atom stereocenters. The predicted octanol–water partition coefficient (Wildman–Crippen LogP) is 3.84. The average Bonchev–Trinajstić information content (AvgIpc) is 2.35. The zero-order chi connectivity index (χ0) is 12.7. The SMILES string of the molecule is CCC.Fc1cccc(-c2cncnc2)c1F. The van der Waals surface area contributed by atoms with Gasteiger partial charge in [-0.2, -0.15) is 0 Å². The van der Waals surface area contributed by atoms with Crippen molar-refractivity contribution in [3.63, 3.8) is 0 Å². The average molecular weight is 236 g/mol. The third-order valence-electron chi connectivity index (χ3n) is 1.82. The van der Waals surface area contributed by atoms with Crippen LogP contribution in [0.1, 0.15) is 20.3 Å². The lowest BCUT2D eigenvalue weighted by molar-refractivity contribution is 0.511. The molecule has 0 radical (unpaired) electrons. The number of halogens is 2. The van der Waals surface area contributed by atoms with Crippen LogP contribution in [0.2, 0.25) is 0 Å². The summed E-state index contributed by atoms with van der Waals surface area (Å²) in [5, 5.41) is 0. The smallest absolute Gasteiger partial charge is 0.166 e. The summed E-state index contributed by atoms with van der Waals surface area (Å²) < 4.78 is 26.1. The first kappa shape index (κ1) is 13.2. The lowest BCUT2D eigenvalue weighted by Crippen LogP contribution is -1.90. The minimum atomic E-state index is -0.873. The van der Waals surface area contributed by atoms with E-state index in [9.17, 15) is 8.78 Å². The maximum absolute atomic E-state index is 13.3. The van der Waals surface area contributed by atoms with Crippen molar-refractivity contribution in [2.45, 2.75) is 20.3 Å². The van der Waals surface area contributed by atoms with Gasteiger partial charge in [0, 0.05) is 23.5 Å². The van der Waals surface area contributed by atoms with E-state index >= 15 is 0 Å². The molecule has 17 heavy (non-hydrogen) atoms. The van der Waals surface area contributed by atoms with Gasteiger partial charge in [0.1, 0.15) is 6.33 Å². The standard InChI is InChI=1S/C10H6F2N2.C3H8/c11-9-3-1-2-8(10(9)12)7-4-13-6-14-5-7;1-3-2/h1-6H;3H2,1-2H3. The van der Waals surface area contributed by atoms with E-state index in [0.29, 0.717) is 5.56 Å². The van der Waals surface area contributed by atoms with Gasteiger partial charge in [0.25, 0.3) is 0 Å². The second kappa shape index (κ2) is 6.68. The number of rotatable bonds is 1. The molecule has 2 aromatic rings. The second-order valence-electron chi connectivity index (χ2n) is 3.44. The molecule has 0 amide bonds. The normalized spacial score (nSPS) is 9.41. The summed E-state index contributed by atoms with van der Waals surface area (Å²) in [4.78, 5) is 7.46. The molecule has 0 unspecified atom stereocenters. The highest BCUT2D eigenvalue weighted by Gasteiger charge is 2.09. The molecule has 0 aliphatic rings. The van der Waals surface area contributed by atoms with Crippen molar-refractivity contribution in [1.29, 1.82) is 0 Å². The summed E-state index contributed by atoms with van der Waals surface area (Å²) in [5.41, 5.74) is 0.634. The van der Waals surface area contributed by atoms with Crippen LogP contribution in [-0.2, 0) is 0 Å². The minimum Gasteiger partial charge on any atom is -0.244 e. The number of nitrogens with zero attached hydrogens (tertiary/aromatic N) is 2. The van der Waals surface area contributed by atoms with E-state index in [4.69, 9.17) is 0 Å². The molecule has 90 valence electrons. The van der Waals surface area contributed by atoms with Crippen LogP contribution in [0.25, 0.3) is 11.1 Å². The summed E-state index contributed by atoms with van der Waals surface area (Å²) in [6.07, 6.45) is 5.45. The maximum atomic E-state index is 13.3. The van der Waals surface area contributed by atoms with Gasteiger partial charge in [-0.25, -0.2) is 18.7 Å². The Bertz CT molecular complexity index is 458. The Hall–Kier alpha value is -1.84. The summed E-state index contributed by atoms with van der Waals surface area (Å²) in [6, 6.07) is 4.00. The van der Waals surface area contributed by atoms with Gasteiger partial charge in [0.05, 0.1) is 0 Å². The van der Waals surface area contributed by atoms with Crippen LogP contribution >= 0.6 is 0 Å². The van der Waals surface area contributed by atoms with E-state index in [0.717, 1.165) is 6.07 Å². The second-order valence-corrected chi connectivity index (χ2v) is 3.44. The van der Waals surface area contributed by atoms with Crippen LogP contribution in [0.3, 0.4) is 0 Å². The topological polar surface area (TPSA) is 25.8 Å². The van der Waals surface area contributed by atoms with Gasteiger partial charge in [0.15, 0.2) is 11.6 Å². The van der Waals surface area contributed by atoms with E-state index in [-0.39, 0.29) is 5.56 Å². The molecule has 0 fully saturated rings. The summed E-state index contributed by atoms with van der Waals surface area (Å²) in [7, 11) is 0. The predicted molar refractivity (Wildman–Crippen MR) is 63.3 cm³/mol. The molecule has 0 saturated heterocycles. The molecule has 2 rings (SSSR count). The van der Waals surface area contributed by atoms with Crippen molar-refractivity contribution >= 4 is 0 Å². The number of hydrogen-bond donors (Lipinski definition) is 0. The zero-order valence-electron chi connectivity index (χ0n) is 9.82. The van der Waals surface area contributed by atoms with Crippen LogP contribution < -0.4 is 0 Å². The minimum absolute atomic E-state index is 0.172. The third kappa shape index (κ3) is 3.59. The van der Waals surface area contributed by atoms with Crippen LogP contribution in [0.15, 0.2) is 36.9 Å². The Morgan fingerprint density at radius 1 is 1.06 bits per heavy atom. The van der Waals surface area contributed by atoms with Gasteiger partial charge in [-0.1, -0.05) is 32.4 Å². The Balaban J connectivity index is 0.000000437. The first-order chi connectivity index (χ1) is 8.20. The molecule has 0 bridgehead atoms. The number of aromatic nitrogens is 2. The van der Waals surface area contributed by atoms with Crippen molar-refractivity contribution in [3.8, 4) is 11.1 Å². The first-order valence-electron chi connectivity index (χ1n) is 5.40. The van der Waals surface area contributed by atoms with Crippen LogP contribution in [0, 0.1) is 11.6 Å². The summed E-state index contributed by atoms with van der Waals surface area (Å²) in [6.45, 7) is 4.25. The van der Waals surface area contributed by atoms with Gasteiger partial charge in [-0.05, 0) is 6.07 Å². The third-order valence-corrected chi connectivity index (χ3v) is 1.82. The highest BCUT2D eigenvalue weighted by molar-refractivity contribution is 5.61. The van der Waals surface area contributed by atoms with E-state index in [1.165, 1.54) is 37.3 Å². The van der Waals surface area contributed by atoms with Crippen molar-refractivity contribution in [3.05, 3.63) is 48.6 Å². The van der Waals surface area contributed by atoms with E-state index < -0.39 is 11.6 Å². The Labute approximate surface area is 99.4 Å². The quantitative estimate of drug-likeness (QED) is 0.751. The monoisotopic (exact) mass is 236 g/mol. The first-order valence-corrected chi connectivity index (χ1v) is 5.40. The fourth-order valence-electron chi connectivity index (χ4n) is 1.16. The van der Waals surface area contributed by atoms with E-state index in [1.54, 1.807) is 0 Å². The van der Waals surface area contributed by atoms with Gasteiger partial charge >= 0.3 is 0 Å². The Morgan fingerprint density at radius 3 is 2.24 bits per heavy atom. The summed E-state index contributed by atoms with van der Waals surface area (Å²) >= 11 is 0. The highest BCUT2D eigenvalue weighted by atomic mass is 19.2. The fourth-order valence-corrected chi connectivity index (χ4v) is 1.16. The molecule has 0 spiro atoms. The molecule has 0 N–H and O–H groups in total. The molecular formula is C13H14F2N2. The number of hydrogen-bond acceptors (Lipinski definition) is 2. The van der Waals surface area contributed by atoms with E-state index in [1.807, 2.05) is 0 Å². The van der Waals surface area contributed by atoms with Gasteiger partial charge in [-0.15, -0.1) is 0 Å². The molecule has 1 aromatic carbocycles. The molecule has 4 heteroatoms. The van der Waals surface area contributed by atoms with Gasteiger partial charge in [0.2, 0.25) is 0 Å². The number of benzene rings is 1. The van der Waals surface area contributed by atoms with Crippen molar-refractivity contribution in [1.82, 2.24) is 9.97 Å². The van der Waals surface area contributed by atoms with Crippen LogP contribution in [0.4, 0.5) is 8.78 Å². The molecule has 0 aliphatic heterocycles. The largest absolute Gasteiger partial charge is 0.244 e. The highest BCUT2D eigenvalue weighted by Crippen LogP contribution is 2.22. The lowest BCUT2D eigenvalue weighted by Gasteiger charge is -2.01. The fraction of sp³-hybridized carbons (Fsp3) is 0.231. The molecule has 0 aliphatic carbocycles. The Kier molecular flexibility index (Phi) is 5.20. The van der Waals surface area contributed by atoms with Gasteiger partial charge < -0.3 is 0 Å². The lowest BCUT2D eigenvalue weighted by atomic mass is 10.1. The van der Waals surface area contributed by atoms with Gasteiger partial charge in [-0.3, -0.25) is 0 Å².